The molecule has 0 fully saturated rings. The molecule has 0 aromatic carbocycles. The van der Waals surface area contributed by atoms with Crippen molar-refractivity contribution in [3.63, 3.8) is 0 Å². The zero-order valence-corrected chi connectivity index (χ0v) is 11.3. The van der Waals surface area contributed by atoms with Crippen molar-refractivity contribution in [2.75, 3.05) is 36.6 Å². The molecule has 2 rings (SSSR count). The van der Waals surface area contributed by atoms with Gasteiger partial charge in [-0.3, -0.25) is 0 Å². The molecule has 2 aromatic rings. The van der Waals surface area contributed by atoms with Crippen LogP contribution in [-0.2, 0) is 4.74 Å². The Morgan fingerprint density at radius 1 is 1.20 bits per heavy atom. The Labute approximate surface area is 117 Å². The van der Waals surface area contributed by atoms with Gasteiger partial charge in [-0.2, -0.15) is 0 Å². The molecule has 7 nitrogen and oxygen atoms in total. The van der Waals surface area contributed by atoms with Crippen molar-refractivity contribution in [2.45, 2.75) is 6.42 Å². The summed E-state index contributed by atoms with van der Waals surface area (Å²) in [7, 11) is 1.67. The average Bonchev–Trinajstić information content (AvgIpc) is 2.48. The summed E-state index contributed by atoms with van der Waals surface area (Å²) in [5.41, 5.74) is 6.50. The molecule has 0 saturated heterocycles. The molecule has 0 bridgehead atoms. The Bertz CT molecular complexity index is 534. The van der Waals surface area contributed by atoms with Crippen LogP contribution in [0.25, 0.3) is 0 Å². The number of nitrogens with zero attached hydrogens (tertiary/aromatic N) is 3. The second-order valence-electron chi connectivity index (χ2n) is 4.10. The molecule has 0 amide bonds. The summed E-state index contributed by atoms with van der Waals surface area (Å²) < 4.78 is 4.99. The summed E-state index contributed by atoms with van der Waals surface area (Å²) in [5.74, 6) is 1.82. The van der Waals surface area contributed by atoms with Gasteiger partial charge in [0.1, 0.15) is 17.8 Å². The number of nitrogen functional groups attached to an aromatic ring is 1. The standard InChI is InChI=1S/C13H18N6O/c1-20-8-4-7-16-12-11(14)13(18-9-17-12)19-10-5-2-3-6-15-10/h2-3,5-6,9H,4,7-8,14H2,1H3,(H2,15,16,17,18,19). The van der Waals surface area contributed by atoms with Gasteiger partial charge in [-0.25, -0.2) is 15.0 Å². The highest BCUT2D eigenvalue weighted by molar-refractivity contribution is 5.76. The van der Waals surface area contributed by atoms with Crippen molar-refractivity contribution < 1.29 is 4.74 Å². The largest absolute Gasteiger partial charge is 0.393 e. The van der Waals surface area contributed by atoms with Gasteiger partial charge in [0.2, 0.25) is 0 Å². The lowest BCUT2D eigenvalue weighted by Gasteiger charge is -2.11. The van der Waals surface area contributed by atoms with E-state index in [-0.39, 0.29) is 0 Å². The van der Waals surface area contributed by atoms with Crippen LogP contribution in [0.3, 0.4) is 0 Å². The second kappa shape index (κ2) is 7.25. The van der Waals surface area contributed by atoms with E-state index in [0.717, 1.165) is 13.0 Å². The van der Waals surface area contributed by atoms with Crippen LogP contribution in [0.15, 0.2) is 30.7 Å². The van der Waals surface area contributed by atoms with Crippen LogP contribution in [0.1, 0.15) is 6.42 Å². The molecule has 0 aliphatic heterocycles. The van der Waals surface area contributed by atoms with Crippen LogP contribution in [0.5, 0.6) is 0 Å². The summed E-state index contributed by atoms with van der Waals surface area (Å²) in [5, 5.41) is 6.22. The van der Waals surface area contributed by atoms with E-state index in [1.54, 1.807) is 13.3 Å². The monoisotopic (exact) mass is 274 g/mol. The summed E-state index contributed by atoms with van der Waals surface area (Å²) >= 11 is 0. The third-order valence-electron chi connectivity index (χ3n) is 2.61. The van der Waals surface area contributed by atoms with Crippen molar-refractivity contribution in [1.82, 2.24) is 15.0 Å². The van der Waals surface area contributed by atoms with Crippen molar-refractivity contribution in [2.24, 2.45) is 0 Å². The van der Waals surface area contributed by atoms with Gasteiger partial charge in [-0.15, -0.1) is 0 Å². The lowest BCUT2D eigenvalue weighted by atomic mass is 10.4. The van der Waals surface area contributed by atoms with E-state index >= 15 is 0 Å². The predicted octanol–water partition coefficient (Wildman–Crippen LogP) is 1.65. The van der Waals surface area contributed by atoms with Crippen LogP contribution < -0.4 is 16.4 Å². The minimum Gasteiger partial charge on any atom is -0.393 e. The van der Waals surface area contributed by atoms with Gasteiger partial charge in [0.15, 0.2) is 11.6 Å². The predicted molar refractivity (Wildman–Crippen MR) is 78.9 cm³/mol. The zero-order valence-electron chi connectivity index (χ0n) is 11.3. The number of hydrogen-bond acceptors (Lipinski definition) is 7. The maximum atomic E-state index is 6.04. The van der Waals surface area contributed by atoms with Gasteiger partial charge in [-0.1, -0.05) is 6.07 Å². The molecule has 0 unspecified atom stereocenters. The first-order chi connectivity index (χ1) is 9.81. The second-order valence-corrected chi connectivity index (χ2v) is 4.10. The van der Waals surface area contributed by atoms with Gasteiger partial charge < -0.3 is 21.1 Å². The number of anilines is 4. The highest BCUT2D eigenvalue weighted by Crippen LogP contribution is 2.24. The minimum absolute atomic E-state index is 0.468. The van der Waals surface area contributed by atoms with Crippen molar-refractivity contribution in [3.05, 3.63) is 30.7 Å². The van der Waals surface area contributed by atoms with E-state index in [4.69, 9.17) is 10.5 Å². The number of nitrogens with two attached hydrogens (primary N) is 1. The number of ether oxygens (including phenoxy) is 1. The third-order valence-corrected chi connectivity index (χ3v) is 2.61. The molecular weight excluding hydrogens is 256 g/mol. The molecule has 2 heterocycles. The highest BCUT2D eigenvalue weighted by atomic mass is 16.5. The molecular formula is C13H18N6O. The highest BCUT2D eigenvalue weighted by Gasteiger charge is 2.08. The Kier molecular flexibility index (Phi) is 5.08. The molecule has 20 heavy (non-hydrogen) atoms. The topological polar surface area (TPSA) is 98.0 Å². The molecule has 0 aliphatic rings. The van der Waals surface area contributed by atoms with E-state index in [1.807, 2.05) is 18.2 Å². The maximum absolute atomic E-state index is 6.04. The number of methoxy groups -OCH3 is 1. The van der Waals surface area contributed by atoms with Crippen molar-refractivity contribution >= 4 is 23.1 Å². The van der Waals surface area contributed by atoms with Crippen LogP contribution in [0, 0.1) is 0 Å². The number of nitrogens with one attached hydrogen (secondary N) is 2. The molecule has 0 radical (unpaired) electrons. The zero-order chi connectivity index (χ0) is 14.2. The van der Waals surface area contributed by atoms with Crippen molar-refractivity contribution in [3.8, 4) is 0 Å². The Morgan fingerprint density at radius 3 is 2.80 bits per heavy atom. The van der Waals surface area contributed by atoms with E-state index in [2.05, 4.69) is 25.6 Å². The first-order valence-electron chi connectivity index (χ1n) is 6.32. The lowest BCUT2D eigenvalue weighted by molar-refractivity contribution is 0.198. The summed E-state index contributed by atoms with van der Waals surface area (Å²) in [6.45, 7) is 1.43. The van der Waals surface area contributed by atoms with Gasteiger partial charge in [0.25, 0.3) is 0 Å². The molecule has 2 aromatic heterocycles. The van der Waals surface area contributed by atoms with E-state index in [0.29, 0.717) is 29.7 Å². The number of aromatic nitrogens is 3. The molecule has 4 N–H and O–H groups in total. The van der Waals surface area contributed by atoms with Crippen LogP contribution >= 0.6 is 0 Å². The number of pyridine rings is 1. The minimum atomic E-state index is 0.468. The third kappa shape index (κ3) is 3.79. The fraction of sp³-hybridized carbons (Fsp3) is 0.308. The Hall–Kier alpha value is -2.41. The van der Waals surface area contributed by atoms with Crippen LogP contribution in [0.2, 0.25) is 0 Å². The first-order valence-corrected chi connectivity index (χ1v) is 6.32. The molecule has 7 heteroatoms. The van der Waals surface area contributed by atoms with Crippen LogP contribution in [0.4, 0.5) is 23.1 Å². The van der Waals surface area contributed by atoms with Gasteiger partial charge in [-0.05, 0) is 18.6 Å². The van der Waals surface area contributed by atoms with Gasteiger partial charge in [0.05, 0.1) is 0 Å². The SMILES string of the molecule is COCCCNc1ncnc(Nc2ccccn2)c1N. The molecule has 0 aliphatic carbocycles. The molecule has 106 valence electrons. The summed E-state index contributed by atoms with van der Waals surface area (Å²) in [6, 6.07) is 5.57. The molecule has 0 spiro atoms. The Balaban J connectivity index is 2.03. The first kappa shape index (κ1) is 14.0. The molecule has 0 saturated carbocycles. The van der Waals surface area contributed by atoms with Gasteiger partial charge in [0, 0.05) is 26.5 Å². The van der Waals surface area contributed by atoms with Crippen LogP contribution in [-0.4, -0.2) is 35.2 Å². The fourth-order valence-corrected chi connectivity index (χ4v) is 1.62. The lowest BCUT2D eigenvalue weighted by Crippen LogP contribution is -2.10. The van der Waals surface area contributed by atoms with E-state index < -0.39 is 0 Å². The fourth-order valence-electron chi connectivity index (χ4n) is 1.62. The number of rotatable bonds is 7. The summed E-state index contributed by atoms with van der Waals surface area (Å²) in [4.78, 5) is 12.4. The quantitative estimate of drug-likeness (QED) is 0.660. The smallest absolute Gasteiger partial charge is 0.160 e. The van der Waals surface area contributed by atoms with Crippen molar-refractivity contribution in [1.29, 1.82) is 0 Å². The van der Waals surface area contributed by atoms with E-state index in [1.165, 1.54) is 6.33 Å². The summed E-state index contributed by atoms with van der Waals surface area (Å²) in [6.07, 6.45) is 4.03. The Morgan fingerprint density at radius 2 is 2.05 bits per heavy atom. The normalized spacial score (nSPS) is 10.2. The van der Waals surface area contributed by atoms with Gasteiger partial charge >= 0.3 is 0 Å². The average molecular weight is 274 g/mol. The van der Waals surface area contributed by atoms with E-state index in [9.17, 15) is 0 Å². The molecule has 0 atom stereocenters. The maximum Gasteiger partial charge on any atom is 0.160 e. The number of hydrogen-bond donors (Lipinski definition) is 3.